The topological polar surface area (TPSA) is 79.8 Å². The smallest absolute Gasteiger partial charge is 0.274 e. The van der Waals surface area contributed by atoms with E-state index >= 15 is 0 Å². The number of rotatable bonds is 4. The second-order valence-corrected chi connectivity index (χ2v) is 6.77. The minimum atomic E-state index is -0.306. The van der Waals surface area contributed by atoms with Gasteiger partial charge in [-0.2, -0.15) is 5.10 Å². The molecule has 0 saturated heterocycles. The molecule has 0 spiro atoms. The number of aryl methyl sites for hydroxylation is 1. The molecule has 0 aliphatic carbocycles. The zero-order valence-electron chi connectivity index (χ0n) is 14.6. The number of nitrogens with one attached hydrogen (secondary N) is 2. The molecule has 2 aromatic heterocycles. The van der Waals surface area contributed by atoms with Crippen LogP contribution in [0.2, 0.25) is 5.02 Å². The SMILES string of the molecule is Cn1nc(C(=O)NCCc2c[nH]c3ccc(Cl)cc23)c2ccccc2c1=O. The Morgan fingerprint density at radius 1 is 1.19 bits per heavy atom. The first-order valence-corrected chi connectivity index (χ1v) is 8.92. The molecule has 6 nitrogen and oxygen atoms in total. The Morgan fingerprint density at radius 2 is 1.96 bits per heavy atom. The zero-order chi connectivity index (χ0) is 19.0. The molecule has 0 atom stereocenters. The summed E-state index contributed by atoms with van der Waals surface area (Å²) in [4.78, 5) is 28.0. The molecule has 2 heterocycles. The van der Waals surface area contributed by atoms with E-state index in [0.29, 0.717) is 28.8 Å². The fourth-order valence-electron chi connectivity index (χ4n) is 3.22. The van der Waals surface area contributed by atoms with Crippen molar-refractivity contribution < 1.29 is 4.79 Å². The number of carbonyl (C=O) groups excluding carboxylic acids is 1. The van der Waals surface area contributed by atoms with Crippen molar-refractivity contribution in [2.24, 2.45) is 7.05 Å². The third kappa shape index (κ3) is 3.19. The van der Waals surface area contributed by atoms with Crippen molar-refractivity contribution in [1.82, 2.24) is 20.1 Å². The van der Waals surface area contributed by atoms with Gasteiger partial charge in [0.2, 0.25) is 0 Å². The van der Waals surface area contributed by atoms with Gasteiger partial charge in [0.15, 0.2) is 5.69 Å². The molecule has 0 saturated carbocycles. The number of hydrogen-bond acceptors (Lipinski definition) is 3. The van der Waals surface area contributed by atoms with Gasteiger partial charge in [0.1, 0.15) is 0 Å². The lowest BCUT2D eigenvalue weighted by molar-refractivity contribution is 0.0949. The first kappa shape index (κ1) is 17.3. The van der Waals surface area contributed by atoms with Crippen LogP contribution in [0.3, 0.4) is 0 Å². The number of aromatic amines is 1. The van der Waals surface area contributed by atoms with Crippen LogP contribution in [0.15, 0.2) is 53.5 Å². The van der Waals surface area contributed by atoms with E-state index in [1.165, 1.54) is 4.68 Å². The van der Waals surface area contributed by atoms with Crippen molar-refractivity contribution in [2.75, 3.05) is 6.54 Å². The molecule has 0 fully saturated rings. The number of nitrogens with zero attached hydrogens (tertiary/aromatic N) is 2. The average Bonchev–Trinajstić information content (AvgIpc) is 3.07. The molecule has 27 heavy (non-hydrogen) atoms. The minimum Gasteiger partial charge on any atom is -0.361 e. The zero-order valence-corrected chi connectivity index (χ0v) is 15.4. The van der Waals surface area contributed by atoms with E-state index in [0.717, 1.165) is 16.5 Å². The molecule has 4 rings (SSSR count). The number of carbonyl (C=O) groups is 1. The molecular formula is C20H17ClN4O2. The standard InChI is InChI=1S/C20H17ClN4O2/c1-25-20(27)15-5-3-2-4-14(15)18(24-25)19(26)22-9-8-12-11-23-17-7-6-13(21)10-16(12)17/h2-7,10-11,23H,8-9H2,1H3,(H,22,26). The van der Waals surface area contributed by atoms with Crippen molar-refractivity contribution in [3.8, 4) is 0 Å². The molecule has 2 aromatic carbocycles. The van der Waals surface area contributed by atoms with Crippen LogP contribution in [0.25, 0.3) is 21.7 Å². The maximum Gasteiger partial charge on any atom is 0.274 e. The number of benzene rings is 2. The summed E-state index contributed by atoms with van der Waals surface area (Å²) < 4.78 is 1.19. The van der Waals surface area contributed by atoms with Crippen LogP contribution in [0.4, 0.5) is 0 Å². The monoisotopic (exact) mass is 380 g/mol. The van der Waals surface area contributed by atoms with Crippen molar-refractivity contribution >= 4 is 39.2 Å². The third-order valence-corrected chi connectivity index (χ3v) is 4.82. The van der Waals surface area contributed by atoms with Crippen LogP contribution in [0.5, 0.6) is 0 Å². The van der Waals surface area contributed by atoms with E-state index < -0.39 is 0 Å². The minimum absolute atomic E-state index is 0.224. The van der Waals surface area contributed by atoms with E-state index in [1.54, 1.807) is 31.3 Å². The second-order valence-electron chi connectivity index (χ2n) is 6.33. The highest BCUT2D eigenvalue weighted by atomic mass is 35.5. The summed E-state index contributed by atoms with van der Waals surface area (Å²) in [6.07, 6.45) is 2.57. The second kappa shape index (κ2) is 6.89. The van der Waals surface area contributed by atoms with Crippen LogP contribution >= 0.6 is 11.6 Å². The van der Waals surface area contributed by atoms with Gasteiger partial charge in [-0.3, -0.25) is 9.59 Å². The predicted molar refractivity (Wildman–Crippen MR) is 106 cm³/mol. The van der Waals surface area contributed by atoms with Crippen LogP contribution in [0, 0.1) is 0 Å². The summed E-state index contributed by atoms with van der Waals surface area (Å²) >= 11 is 6.08. The van der Waals surface area contributed by atoms with Gasteiger partial charge in [-0.25, -0.2) is 4.68 Å². The third-order valence-electron chi connectivity index (χ3n) is 4.58. The summed E-state index contributed by atoms with van der Waals surface area (Å²) in [5, 5.41) is 9.79. The average molecular weight is 381 g/mol. The van der Waals surface area contributed by atoms with Gasteiger partial charge in [-0.05, 0) is 36.2 Å². The van der Waals surface area contributed by atoms with Crippen LogP contribution in [0.1, 0.15) is 16.1 Å². The van der Waals surface area contributed by atoms with E-state index in [4.69, 9.17) is 11.6 Å². The van der Waals surface area contributed by atoms with Gasteiger partial charge in [0, 0.05) is 41.1 Å². The van der Waals surface area contributed by atoms with Crippen LogP contribution in [-0.4, -0.2) is 27.2 Å². The fraction of sp³-hybridized carbons (Fsp3) is 0.150. The number of hydrogen-bond donors (Lipinski definition) is 2. The quantitative estimate of drug-likeness (QED) is 0.571. The van der Waals surface area contributed by atoms with Crippen LogP contribution < -0.4 is 10.9 Å². The number of H-pyrrole nitrogens is 1. The Balaban J connectivity index is 1.55. The maximum atomic E-state index is 12.7. The number of amides is 1. The summed E-state index contributed by atoms with van der Waals surface area (Å²) in [5.41, 5.74) is 2.10. The highest BCUT2D eigenvalue weighted by Gasteiger charge is 2.15. The summed E-state index contributed by atoms with van der Waals surface area (Å²) in [6.45, 7) is 0.442. The summed E-state index contributed by atoms with van der Waals surface area (Å²) in [5.74, 6) is -0.306. The molecule has 2 N–H and O–H groups in total. The molecule has 0 bridgehead atoms. The van der Waals surface area contributed by atoms with Crippen molar-refractivity contribution in [2.45, 2.75) is 6.42 Å². The summed E-state index contributed by atoms with van der Waals surface area (Å²) in [7, 11) is 1.54. The Hall–Kier alpha value is -3.12. The van der Waals surface area contributed by atoms with Gasteiger partial charge in [-0.1, -0.05) is 29.8 Å². The normalized spacial score (nSPS) is 11.2. The van der Waals surface area contributed by atoms with E-state index in [9.17, 15) is 9.59 Å². The van der Waals surface area contributed by atoms with E-state index in [1.807, 2.05) is 24.4 Å². The van der Waals surface area contributed by atoms with Gasteiger partial charge >= 0.3 is 0 Å². The molecule has 0 unspecified atom stereocenters. The Morgan fingerprint density at radius 3 is 2.78 bits per heavy atom. The van der Waals surface area contributed by atoms with E-state index in [2.05, 4.69) is 15.4 Å². The first-order chi connectivity index (χ1) is 13.0. The Labute approximate surface area is 159 Å². The van der Waals surface area contributed by atoms with Gasteiger partial charge in [0.05, 0.1) is 5.39 Å². The lowest BCUT2D eigenvalue weighted by Gasteiger charge is -2.09. The van der Waals surface area contributed by atoms with Gasteiger partial charge < -0.3 is 10.3 Å². The molecule has 1 amide bonds. The van der Waals surface area contributed by atoms with Crippen molar-refractivity contribution in [3.05, 3.63) is 75.3 Å². The molecule has 0 radical (unpaired) electrons. The van der Waals surface area contributed by atoms with Gasteiger partial charge in [-0.15, -0.1) is 0 Å². The molecule has 7 heteroatoms. The molecular weight excluding hydrogens is 364 g/mol. The fourth-order valence-corrected chi connectivity index (χ4v) is 3.39. The Bertz CT molecular complexity index is 1230. The number of aromatic nitrogens is 3. The largest absolute Gasteiger partial charge is 0.361 e. The molecule has 0 aliphatic heterocycles. The number of halogens is 1. The van der Waals surface area contributed by atoms with Crippen LogP contribution in [-0.2, 0) is 13.5 Å². The van der Waals surface area contributed by atoms with Crippen molar-refractivity contribution in [3.63, 3.8) is 0 Å². The number of fused-ring (bicyclic) bond motifs is 2. The van der Waals surface area contributed by atoms with Gasteiger partial charge in [0.25, 0.3) is 11.5 Å². The lowest BCUT2D eigenvalue weighted by atomic mass is 10.1. The molecule has 4 aromatic rings. The Kier molecular flexibility index (Phi) is 4.41. The predicted octanol–water partition coefficient (Wildman–Crippen LogP) is 3.04. The highest BCUT2D eigenvalue weighted by Crippen LogP contribution is 2.22. The summed E-state index contributed by atoms with van der Waals surface area (Å²) in [6, 6.07) is 12.7. The lowest BCUT2D eigenvalue weighted by Crippen LogP contribution is -2.30. The highest BCUT2D eigenvalue weighted by molar-refractivity contribution is 6.31. The maximum absolute atomic E-state index is 12.7. The van der Waals surface area contributed by atoms with Crippen molar-refractivity contribution in [1.29, 1.82) is 0 Å². The molecule has 136 valence electrons. The first-order valence-electron chi connectivity index (χ1n) is 8.54. The van der Waals surface area contributed by atoms with E-state index in [-0.39, 0.29) is 17.2 Å². The molecule has 0 aliphatic rings.